The predicted molar refractivity (Wildman–Crippen MR) is 75.8 cm³/mol. The fraction of sp³-hybridized carbons (Fsp3) is 0.875. The van der Waals surface area contributed by atoms with E-state index in [9.17, 15) is 0 Å². The average molecular weight is 275 g/mol. The van der Waals surface area contributed by atoms with Gasteiger partial charge < -0.3 is 10.2 Å². The maximum Gasteiger partial charge on any atom is 0.233 e. The quantitative estimate of drug-likeness (QED) is 0.916. The number of nitrogens with zero attached hydrogens (tertiary/aromatic N) is 2. The van der Waals surface area contributed by atoms with Gasteiger partial charge in [-0.05, 0) is 68.1 Å². The third kappa shape index (κ3) is 2.09. The number of rotatable bonds is 4. The van der Waals surface area contributed by atoms with Crippen molar-refractivity contribution in [1.29, 1.82) is 0 Å². The lowest BCUT2D eigenvalue weighted by Gasteiger charge is -2.56. The smallest absolute Gasteiger partial charge is 0.233 e. The van der Waals surface area contributed by atoms with Crippen molar-refractivity contribution in [2.24, 2.45) is 28.9 Å². The molecule has 0 radical (unpaired) electrons. The Balaban J connectivity index is 1.52. The van der Waals surface area contributed by atoms with Gasteiger partial charge in [-0.3, -0.25) is 0 Å². The molecule has 4 aliphatic carbocycles. The van der Waals surface area contributed by atoms with Gasteiger partial charge in [-0.2, -0.15) is 0 Å². The Kier molecular flexibility index (Phi) is 2.92. The molecule has 4 bridgehead atoms. The van der Waals surface area contributed by atoms with Crippen LogP contribution in [-0.2, 0) is 6.42 Å². The minimum atomic E-state index is -0.104. The minimum absolute atomic E-state index is 0.104. The number of hydrogen-bond acceptors (Lipinski definition) is 4. The summed E-state index contributed by atoms with van der Waals surface area (Å²) in [7, 11) is 0. The number of aromatic nitrogens is 2. The molecule has 4 aliphatic rings. The largest absolute Gasteiger partial charge is 0.424 e. The molecule has 0 aromatic carbocycles. The predicted octanol–water partition coefficient (Wildman–Crippen LogP) is 3.24. The second-order valence-corrected chi connectivity index (χ2v) is 7.64. The van der Waals surface area contributed by atoms with E-state index < -0.39 is 0 Å². The summed E-state index contributed by atoms with van der Waals surface area (Å²) in [5, 5.41) is 8.41. The van der Waals surface area contributed by atoms with Crippen LogP contribution in [0.15, 0.2) is 4.42 Å². The van der Waals surface area contributed by atoms with E-state index in [-0.39, 0.29) is 6.04 Å². The van der Waals surface area contributed by atoms with Crippen LogP contribution in [0.3, 0.4) is 0 Å². The summed E-state index contributed by atoms with van der Waals surface area (Å²) in [6.07, 6.45) is 10.4. The molecule has 0 amide bonds. The van der Waals surface area contributed by atoms with E-state index in [0.29, 0.717) is 11.3 Å². The molecule has 5 rings (SSSR count). The molecular formula is C16H25N3O. The molecule has 4 heteroatoms. The standard InChI is InChI=1S/C16H25N3O/c1-2-13(17)15-19-18-14(20-15)9-16-6-10-3-11(7-16)5-12(4-10)8-16/h10-13H,2-9,17H2,1H3. The highest BCUT2D eigenvalue weighted by Crippen LogP contribution is 2.60. The zero-order valence-corrected chi connectivity index (χ0v) is 12.3. The van der Waals surface area contributed by atoms with E-state index in [1.807, 2.05) is 6.92 Å². The summed E-state index contributed by atoms with van der Waals surface area (Å²) in [5.74, 6) is 4.36. The van der Waals surface area contributed by atoms with Crippen molar-refractivity contribution in [2.75, 3.05) is 0 Å². The molecule has 1 unspecified atom stereocenters. The molecule has 1 aromatic heterocycles. The maximum absolute atomic E-state index is 5.97. The first-order valence-corrected chi connectivity index (χ1v) is 8.23. The molecule has 110 valence electrons. The third-order valence-corrected chi connectivity index (χ3v) is 5.93. The third-order valence-electron chi connectivity index (χ3n) is 5.93. The fourth-order valence-electron chi connectivity index (χ4n) is 5.49. The van der Waals surface area contributed by atoms with Crippen LogP contribution in [0.25, 0.3) is 0 Å². The summed E-state index contributed by atoms with van der Waals surface area (Å²) in [4.78, 5) is 0. The van der Waals surface area contributed by atoms with Crippen LogP contribution in [0, 0.1) is 23.2 Å². The Morgan fingerprint density at radius 3 is 2.30 bits per heavy atom. The topological polar surface area (TPSA) is 64.9 Å². The number of nitrogens with two attached hydrogens (primary N) is 1. The molecule has 1 aromatic rings. The van der Waals surface area contributed by atoms with Gasteiger partial charge >= 0.3 is 0 Å². The lowest BCUT2D eigenvalue weighted by Crippen LogP contribution is -2.47. The fourth-order valence-corrected chi connectivity index (χ4v) is 5.49. The van der Waals surface area contributed by atoms with Crippen molar-refractivity contribution in [3.05, 3.63) is 11.8 Å². The van der Waals surface area contributed by atoms with Crippen LogP contribution in [0.5, 0.6) is 0 Å². The van der Waals surface area contributed by atoms with Gasteiger partial charge in [0.25, 0.3) is 0 Å². The Morgan fingerprint density at radius 2 is 1.75 bits per heavy atom. The molecule has 1 heterocycles. The molecule has 0 saturated heterocycles. The normalized spacial score (nSPS) is 40.2. The van der Waals surface area contributed by atoms with Crippen molar-refractivity contribution < 1.29 is 4.42 Å². The van der Waals surface area contributed by atoms with Gasteiger partial charge in [0.05, 0.1) is 6.04 Å². The van der Waals surface area contributed by atoms with Gasteiger partial charge in [0.2, 0.25) is 11.8 Å². The van der Waals surface area contributed by atoms with Gasteiger partial charge in [-0.15, -0.1) is 10.2 Å². The molecule has 1 atom stereocenters. The molecule has 0 spiro atoms. The van der Waals surface area contributed by atoms with Gasteiger partial charge in [0, 0.05) is 6.42 Å². The summed E-state index contributed by atoms with van der Waals surface area (Å²) >= 11 is 0. The maximum atomic E-state index is 5.97. The van der Waals surface area contributed by atoms with Gasteiger partial charge in [-0.25, -0.2) is 0 Å². The Bertz CT molecular complexity index is 460. The molecule has 4 nitrogen and oxygen atoms in total. The van der Waals surface area contributed by atoms with Crippen LogP contribution >= 0.6 is 0 Å². The van der Waals surface area contributed by atoms with E-state index >= 15 is 0 Å². The summed E-state index contributed by atoms with van der Waals surface area (Å²) < 4.78 is 5.83. The molecule has 2 N–H and O–H groups in total. The highest BCUT2D eigenvalue weighted by atomic mass is 16.4. The highest BCUT2D eigenvalue weighted by molar-refractivity contribution is 5.04. The summed E-state index contributed by atoms with van der Waals surface area (Å²) in [6.45, 7) is 2.05. The van der Waals surface area contributed by atoms with E-state index in [1.165, 1.54) is 38.5 Å². The van der Waals surface area contributed by atoms with Crippen molar-refractivity contribution in [3.8, 4) is 0 Å². The Morgan fingerprint density at radius 1 is 1.15 bits per heavy atom. The second kappa shape index (κ2) is 4.55. The van der Waals surface area contributed by atoms with Crippen LogP contribution in [-0.4, -0.2) is 10.2 Å². The van der Waals surface area contributed by atoms with Crippen LogP contribution < -0.4 is 5.73 Å². The first-order valence-electron chi connectivity index (χ1n) is 8.23. The molecule has 4 saturated carbocycles. The zero-order valence-electron chi connectivity index (χ0n) is 12.3. The van der Waals surface area contributed by atoms with Gasteiger partial charge in [0.1, 0.15) is 0 Å². The lowest BCUT2D eigenvalue weighted by atomic mass is 9.49. The molecular weight excluding hydrogens is 250 g/mol. The summed E-state index contributed by atoms with van der Waals surface area (Å²) in [6, 6.07) is -0.104. The first-order chi connectivity index (χ1) is 9.66. The monoisotopic (exact) mass is 275 g/mol. The van der Waals surface area contributed by atoms with Crippen molar-refractivity contribution >= 4 is 0 Å². The van der Waals surface area contributed by atoms with E-state index in [2.05, 4.69) is 10.2 Å². The molecule has 0 aliphatic heterocycles. The van der Waals surface area contributed by atoms with E-state index in [0.717, 1.165) is 36.5 Å². The SMILES string of the molecule is CCC(N)c1nnc(CC23CC4CC(CC(C4)C2)C3)o1. The van der Waals surface area contributed by atoms with E-state index in [1.54, 1.807) is 0 Å². The van der Waals surface area contributed by atoms with Crippen LogP contribution in [0.1, 0.15) is 69.7 Å². The van der Waals surface area contributed by atoms with Crippen LogP contribution in [0.4, 0.5) is 0 Å². The van der Waals surface area contributed by atoms with Crippen LogP contribution in [0.2, 0.25) is 0 Å². The van der Waals surface area contributed by atoms with Gasteiger partial charge in [-0.1, -0.05) is 6.92 Å². The minimum Gasteiger partial charge on any atom is -0.424 e. The second-order valence-electron chi connectivity index (χ2n) is 7.64. The highest BCUT2D eigenvalue weighted by Gasteiger charge is 2.51. The lowest BCUT2D eigenvalue weighted by molar-refractivity contribution is -0.0552. The van der Waals surface area contributed by atoms with Gasteiger partial charge in [0.15, 0.2) is 0 Å². The summed E-state index contributed by atoms with van der Waals surface area (Å²) in [5.41, 5.74) is 6.44. The van der Waals surface area contributed by atoms with Crippen molar-refractivity contribution in [1.82, 2.24) is 10.2 Å². The Hall–Kier alpha value is -0.900. The molecule has 4 fully saturated rings. The number of hydrogen-bond donors (Lipinski definition) is 1. The first kappa shape index (κ1) is 12.8. The Labute approximate surface area is 120 Å². The average Bonchev–Trinajstić information content (AvgIpc) is 2.83. The molecule has 20 heavy (non-hydrogen) atoms. The van der Waals surface area contributed by atoms with E-state index in [4.69, 9.17) is 10.2 Å². The zero-order chi connectivity index (χ0) is 13.7. The van der Waals surface area contributed by atoms with Crippen molar-refractivity contribution in [2.45, 2.75) is 64.3 Å². The van der Waals surface area contributed by atoms with Crippen molar-refractivity contribution in [3.63, 3.8) is 0 Å².